The average molecular weight is 376 g/mol. The van der Waals surface area contributed by atoms with Crippen LogP contribution in [0.25, 0.3) is 0 Å². The molecule has 0 unspecified atom stereocenters. The molecule has 1 saturated heterocycles. The highest BCUT2D eigenvalue weighted by Gasteiger charge is 2.20. The van der Waals surface area contributed by atoms with Crippen LogP contribution in [-0.2, 0) is 0 Å². The van der Waals surface area contributed by atoms with Gasteiger partial charge in [-0.3, -0.25) is 4.79 Å². The molecule has 138 valence electrons. The molecule has 6 heteroatoms. The highest BCUT2D eigenvalue weighted by atomic mass is 35.5. The number of rotatable bonds is 4. The molecule has 1 heterocycles. The third-order valence-electron chi connectivity index (χ3n) is 4.81. The summed E-state index contributed by atoms with van der Waals surface area (Å²) >= 11 is 6.15. The lowest BCUT2D eigenvalue weighted by Gasteiger charge is -2.36. The van der Waals surface area contributed by atoms with Gasteiger partial charge in [0.2, 0.25) is 0 Å². The van der Waals surface area contributed by atoms with Crippen molar-refractivity contribution < 1.29 is 9.18 Å². The molecule has 0 radical (unpaired) electrons. The maximum absolute atomic E-state index is 13.5. The third kappa shape index (κ3) is 4.17. The Morgan fingerprint density at radius 1 is 1.15 bits per heavy atom. The minimum Gasteiger partial charge on any atom is -0.367 e. The molecule has 0 spiro atoms. The van der Waals surface area contributed by atoms with Gasteiger partial charge in [-0.05, 0) is 49.4 Å². The molecule has 1 N–H and O–H groups in total. The first-order valence-corrected chi connectivity index (χ1v) is 9.20. The highest BCUT2D eigenvalue weighted by molar-refractivity contribution is 6.31. The summed E-state index contributed by atoms with van der Waals surface area (Å²) in [6, 6.07) is 9.71. The fourth-order valence-electron chi connectivity index (χ4n) is 3.22. The molecule has 0 bridgehead atoms. The number of halogens is 2. The molecule has 0 atom stereocenters. The summed E-state index contributed by atoms with van der Waals surface area (Å²) in [5, 5.41) is 3.46. The van der Waals surface area contributed by atoms with Crippen LogP contribution in [-0.4, -0.2) is 43.5 Å². The number of hydrogen-bond donors (Lipinski definition) is 1. The molecule has 0 saturated carbocycles. The van der Waals surface area contributed by atoms with Crippen molar-refractivity contribution in [2.24, 2.45) is 0 Å². The molecule has 4 nitrogen and oxygen atoms in total. The quantitative estimate of drug-likeness (QED) is 0.870. The van der Waals surface area contributed by atoms with Gasteiger partial charge in [0.15, 0.2) is 0 Å². The number of carbonyl (C=O) groups excluding carboxylic acids is 1. The number of piperazine rings is 1. The summed E-state index contributed by atoms with van der Waals surface area (Å²) in [5.41, 5.74) is 2.64. The van der Waals surface area contributed by atoms with Crippen molar-refractivity contribution in [3.8, 4) is 0 Å². The lowest BCUT2D eigenvalue weighted by molar-refractivity contribution is 0.102. The Bertz CT molecular complexity index is 804. The number of anilines is 2. The van der Waals surface area contributed by atoms with Crippen molar-refractivity contribution in [3.63, 3.8) is 0 Å². The van der Waals surface area contributed by atoms with Gasteiger partial charge in [-0.15, -0.1) is 0 Å². The Balaban J connectivity index is 1.84. The van der Waals surface area contributed by atoms with E-state index in [2.05, 4.69) is 22.0 Å². The van der Waals surface area contributed by atoms with Gasteiger partial charge in [-0.1, -0.05) is 24.6 Å². The van der Waals surface area contributed by atoms with Crippen molar-refractivity contribution in [1.29, 1.82) is 0 Å². The standard InChI is InChI=1S/C20H23ClFN3O/c1-3-24-8-10-25(11-9-24)19-7-5-15(21)12-18(19)23-20(26)17-13-16(22)6-4-14(17)2/h4-7,12-13H,3,8-11H2,1-2H3,(H,23,26). The topological polar surface area (TPSA) is 35.6 Å². The third-order valence-corrected chi connectivity index (χ3v) is 5.05. The predicted molar refractivity (Wildman–Crippen MR) is 105 cm³/mol. The average Bonchev–Trinajstić information content (AvgIpc) is 2.64. The van der Waals surface area contributed by atoms with Gasteiger partial charge in [0.1, 0.15) is 5.82 Å². The Hall–Kier alpha value is -2.11. The number of likely N-dealkylation sites (N-methyl/N-ethyl adjacent to an activating group) is 1. The fraction of sp³-hybridized carbons (Fsp3) is 0.350. The van der Waals surface area contributed by atoms with E-state index in [-0.39, 0.29) is 5.91 Å². The number of nitrogens with one attached hydrogen (secondary N) is 1. The smallest absolute Gasteiger partial charge is 0.256 e. The first-order valence-electron chi connectivity index (χ1n) is 8.82. The summed E-state index contributed by atoms with van der Waals surface area (Å²) in [6.07, 6.45) is 0. The van der Waals surface area contributed by atoms with Crippen LogP contribution in [0, 0.1) is 12.7 Å². The Kier molecular flexibility index (Phi) is 5.79. The minimum atomic E-state index is -0.428. The van der Waals surface area contributed by atoms with E-state index in [1.165, 1.54) is 12.1 Å². The summed E-state index contributed by atoms with van der Waals surface area (Å²) in [5.74, 6) is -0.763. The first kappa shape index (κ1) is 18.7. The van der Waals surface area contributed by atoms with Crippen LogP contribution < -0.4 is 10.2 Å². The van der Waals surface area contributed by atoms with E-state index in [1.807, 2.05) is 12.1 Å². The van der Waals surface area contributed by atoms with Gasteiger partial charge in [0, 0.05) is 36.8 Å². The van der Waals surface area contributed by atoms with Gasteiger partial charge in [-0.25, -0.2) is 4.39 Å². The van der Waals surface area contributed by atoms with Crippen molar-refractivity contribution in [2.45, 2.75) is 13.8 Å². The second kappa shape index (κ2) is 8.06. The zero-order chi connectivity index (χ0) is 18.7. The summed E-state index contributed by atoms with van der Waals surface area (Å²) in [7, 11) is 0. The molecule has 1 fully saturated rings. The zero-order valence-corrected chi connectivity index (χ0v) is 15.8. The number of nitrogens with zero attached hydrogens (tertiary/aromatic N) is 2. The van der Waals surface area contributed by atoms with E-state index in [1.54, 1.807) is 19.1 Å². The van der Waals surface area contributed by atoms with Crippen LogP contribution in [0.5, 0.6) is 0 Å². The molecule has 2 aromatic carbocycles. The molecule has 0 aliphatic carbocycles. The maximum atomic E-state index is 13.5. The SMILES string of the molecule is CCN1CCN(c2ccc(Cl)cc2NC(=O)c2cc(F)ccc2C)CC1. The number of hydrogen-bond acceptors (Lipinski definition) is 3. The Morgan fingerprint density at radius 3 is 2.58 bits per heavy atom. The Labute approximate surface area is 158 Å². The minimum absolute atomic E-state index is 0.326. The van der Waals surface area contributed by atoms with Crippen LogP contribution in [0.4, 0.5) is 15.8 Å². The highest BCUT2D eigenvalue weighted by Crippen LogP contribution is 2.30. The lowest BCUT2D eigenvalue weighted by atomic mass is 10.1. The van der Waals surface area contributed by atoms with E-state index in [0.717, 1.165) is 44.0 Å². The lowest BCUT2D eigenvalue weighted by Crippen LogP contribution is -2.46. The van der Waals surface area contributed by atoms with Gasteiger partial charge in [0.25, 0.3) is 5.91 Å². The molecule has 3 rings (SSSR count). The van der Waals surface area contributed by atoms with Gasteiger partial charge >= 0.3 is 0 Å². The van der Waals surface area contributed by atoms with E-state index in [0.29, 0.717) is 16.3 Å². The second-order valence-electron chi connectivity index (χ2n) is 6.50. The number of amides is 1. The number of aryl methyl sites for hydroxylation is 1. The van der Waals surface area contributed by atoms with Gasteiger partial charge < -0.3 is 15.1 Å². The van der Waals surface area contributed by atoms with Crippen molar-refractivity contribution in [2.75, 3.05) is 42.9 Å². The van der Waals surface area contributed by atoms with Crippen LogP contribution in [0.1, 0.15) is 22.8 Å². The van der Waals surface area contributed by atoms with Gasteiger partial charge in [0.05, 0.1) is 11.4 Å². The molecule has 1 amide bonds. The normalized spacial score (nSPS) is 15.2. The largest absolute Gasteiger partial charge is 0.367 e. The van der Waals surface area contributed by atoms with Crippen molar-refractivity contribution in [3.05, 3.63) is 58.4 Å². The van der Waals surface area contributed by atoms with Crippen molar-refractivity contribution in [1.82, 2.24) is 4.90 Å². The molecule has 26 heavy (non-hydrogen) atoms. The molecular weight excluding hydrogens is 353 g/mol. The second-order valence-corrected chi connectivity index (χ2v) is 6.93. The molecule has 1 aliphatic heterocycles. The molecular formula is C20H23ClFN3O. The van der Waals surface area contributed by atoms with Crippen LogP contribution in [0.3, 0.4) is 0 Å². The van der Waals surface area contributed by atoms with Crippen LogP contribution in [0.2, 0.25) is 5.02 Å². The number of benzene rings is 2. The van der Waals surface area contributed by atoms with Gasteiger partial charge in [-0.2, -0.15) is 0 Å². The van der Waals surface area contributed by atoms with E-state index in [9.17, 15) is 9.18 Å². The van der Waals surface area contributed by atoms with Crippen LogP contribution in [0.15, 0.2) is 36.4 Å². The summed E-state index contributed by atoms with van der Waals surface area (Å²) < 4.78 is 13.5. The zero-order valence-electron chi connectivity index (χ0n) is 15.1. The molecule has 0 aromatic heterocycles. The number of carbonyl (C=O) groups is 1. The first-order chi connectivity index (χ1) is 12.5. The predicted octanol–water partition coefficient (Wildman–Crippen LogP) is 4.18. The molecule has 2 aromatic rings. The van der Waals surface area contributed by atoms with Crippen LogP contribution >= 0.6 is 11.6 Å². The van der Waals surface area contributed by atoms with E-state index in [4.69, 9.17) is 11.6 Å². The van der Waals surface area contributed by atoms with Crippen molar-refractivity contribution >= 4 is 28.9 Å². The van der Waals surface area contributed by atoms with E-state index >= 15 is 0 Å². The summed E-state index contributed by atoms with van der Waals surface area (Å²) in [6.45, 7) is 8.72. The fourth-order valence-corrected chi connectivity index (χ4v) is 3.39. The molecule has 1 aliphatic rings. The van der Waals surface area contributed by atoms with E-state index < -0.39 is 5.82 Å². The Morgan fingerprint density at radius 2 is 1.88 bits per heavy atom. The monoisotopic (exact) mass is 375 g/mol. The maximum Gasteiger partial charge on any atom is 0.256 e. The summed E-state index contributed by atoms with van der Waals surface area (Å²) in [4.78, 5) is 17.3.